The molecule has 3 heteroatoms. The zero-order chi connectivity index (χ0) is 13.4. The van der Waals surface area contributed by atoms with Gasteiger partial charge in [-0.3, -0.25) is 0 Å². The summed E-state index contributed by atoms with van der Waals surface area (Å²) in [7, 11) is 0. The summed E-state index contributed by atoms with van der Waals surface area (Å²) < 4.78 is 5.82. The molecule has 0 heterocycles. The summed E-state index contributed by atoms with van der Waals surface area (Å²) in [6.07, 6.45) is 4.07. The highest BCUT2D eigenvalue weighted by Crippen LogP contribution is 2.25. The Labute approximate surface area is 110 Å². The van der Waals surface area contributed by atoms with E-state index >= 15 is 0 Å². The monoisotopic (exact) mass is 251 g/mol. The van der Waals surface area contributed by atoms with Crippen molar-refractivity contribution in [1.29, 1.82) is 0 Å². The molecule has 1 rings (SSSR count). The van der Waals surface area contributed by atoms with Crippen LogP contribution >= 0.6 is 0 Å². The quantitative estimate of drug-likeness (QED) is 0.698. The minimum absolute atomic E-state index is 0.00464. The van der Waals surface area contributed by atoms with Crippen LogP contribution in [0.25, 0.3) is 0 Å². The molecule has 0 aliphatic carbocycles. The zero-order valence-electron chi connectivity index (χ0n) is 11.5. The maximum atomic E-state index is 8.68. The Morgan fingerprint density at radius 1 is 1.22 bits per heavy atom. The number of aliphatic hydroxyl groups is 1. The van der Waals surface area contributed by atoms with Crippen molar-refractivity contribution in [2.45, 2.75) is 45.6 Å². The summed E-state index contributed by atoms with van der Waals surface area (Å²) in [6.45, 7) is 5.03. The number of aryl methyl sites for hydroxylation is 1. The van der Waals surface area contributed by atoms with Gasteiger partial charge in [-0.15, -0.1) is 0 Å². The molecule has 0 saturated carbocycles. The van der Waals surface area contributed by atoms with Crippen LogP contribution in [0, 0.1) is 6.92 Å². The van der Waals surface area contributed by atoms with Gasteiger partial charge in [0, 0.05) is 18.2 Å². The summed E-state index contributed by atoms with van der Waals surface area (Å²) in [5.41, 5.74) is 8.18. The van der Waals surface area contributed by atoms with Crippen LogP contribution in [-0.2, 0) is 0 Å². The van der Waals surface area contributed by atoms with Gasteiger partial charge >= 0.3 is 0 Å². The van der Waals surface area contributed by atoms with Crippen LogP contribution in [0.1, 0.15) is 49.8 Å². The van der Waals surface area contributed by atoms with E-state index in [4.69, 9.17) is 15.6 Å². The Hall–Kier alpha value is -1.06. The fourth-order valence-corrected chi connectivity index (χ4v) is 1.89. The molecule has 0 fully saturated rings. The molecule has 3 nitrogen and oxygen atoms in total. The highest BCUT2D eigenvalue weighted by atomic mass is 16.5. The van der Waals surface area contributed by atoms with Gasteiger partial charge in [-0.05, 0) is 44.7 Å². The molecule has 0 unspecified atom stereocenters. The summed E-state index contributed by atoms with van der Waals surface area (Å²) in [6, 6.07) is 6.15. The largest absolute Gasteiger partial charge is 0.493 e. The van der Waals surface area contributed by atoms with E-state index in [0.717, 1.165) is 37.0 Å². The average Bonchev–Trinajstić information content (AvgIpc) is 2.33. The molecule has 0 spiro atoms. The van der Waals surface area contributed by atoms with Gasteiger partial charge in [-0.1, -0.05) is 18.6 Å². The highest BCUT2D eigenvalue weighted by Gasteiger charge is 2.07. The number of hydrogen-bond donors (Lipinski definition) is 2. The maximum Gasteiger partial charge on any atom is 0.124 e. The summed E-state index contributed by atoms with van der Waals surface area (Å²) in [5.74, 6) is 0.909. The van der Waals surface area contributed by atoms with Crippen molar-refractivity contribution in [2.75, 3.05) is 13.2 Å². The second kappa shape index (κ2) is 8.11. The lowest BCUT2D eigenvalue weighted by Crippen LogP contribution is -2.09. The average molecular weight is 251 g/mol. The molecule has 0 radical (unpaired) electrons. The molecule has 1 aromatic rings. The summed E-state index contributed by atoms with van der Waals surface area (Å²) in [4.78, 5) is 0. The first-order valence-electron chi connectivity index (χ1n) is 6.75. The molecule has 0 aromatic heterocycles. The van der Waals surface area contributed by atoms with Gasteiger partial charge in [0.25, 0.3) is 0 Å². The number of unbranched alkanes of at least 4 members (excludes halogenated alkanes) is 3. The van der Waals surface area contributed by atoms with Crippen LogP contribution in [0.3, 0.4) is 0 Å². The second-order valence-electron chi connectivity index (χ2n) is 4.82. The molecule has 18 heavy (non-hydrogen) atoms. The topological polar surface area (TPSA) is 55.5 Å². The number of hydrogen-bond acceptors (Lipinski definition) is 3. The molecular weight excluding hydrogens is 226 g/mol. The summed E-state index contributed by atoms with van der Waals surface area (Å²) in [5, 5.41) is 8.68. The molecule has 0 aliphatic heterocycles. The Kier molecular flexibility index (Phi) is 6.76. The smallest absolute Gasteiger partial charge is 0.124 e. The van der Waals surface area contributed by atoms with Gasteiger partial charge in [0.15, 0.2) is 0 Å². The lowest BCUT2D eigenvalue weighted by atomic mass is 10.1. The van der Waals surface area contributed by atoms with Crippen molar-refractivity contribution in [1.82, 2.24) is 0 Å². The molecule has 1 aromatic carbocycles. The zero-order valence-corrected chi connectivity index (χ0v) is 11.5. The third kappa shape index (κ3) is 5.07. The fraction of sp³-hybridized carbons (Fsp3) is 0.600. The number of benzene rings is 1. The van der Waals surface area contributed by atoms with Gasteiger partial charge in [0.2, 0.25) is 0 Å². The van der Waals surface area contributed by atoms with Crippen LogP contribution in [-0.4, -0.2) is 18.3 Å². The molecule has 0 bridgehead atoms. The van der Waals surface area contributed by atoms with Crippen molar-refractivity contribution in [3.05, 3.63) is 29.3 Å². The number of ether oxygens (including phenoxy) is 1. The molecule has 3 N–H and O–H groups in total. The van der Waals surface area contributed by atoms with Gasteiger partial charge < -0.3 is 15.6 Å². The van der Waals surface area contributed by atoms with E-state index in [9.17, 15) is 0 Å². The van der Waals surface area contributed by atoms with Gasteiger partial charge in [0.1, 0.15) is 5.75 Å². The minimum atomic E-state index is -0.00464. The minimum Gasteiger partial charge on any atom is -0.493 e. The first kappa shape index (κ1) is 15.0. The Balaban J connectivity index is 2.43. The third-order valence-corrected chi connectivity index (χ3v) is 2.97. The van der Waals surface area contributed by atoms with Gasteiger partial charge in [-0.2, -0.15) is 0 Å². The highest BCUT2D eigenvalue weighted by molar-refractivity contribution is 5.38. The Morgan fingerprint density at radius 3 is 2.61 bits per heavy atom. The predicted molar refractivity (Wildman–Crippen MR) is 74.8 cm³/mol. The van der Waals surface area contributed by atoms with E-state index < -0.39 is 0 Å². The van der Waals surface area contributed by atoms with Crippen molar-refractivity contribution in [2.24, 2.45) is 5.73 Å². The number of nitrogens with two attached hydrogens (primary N) is 1. The van der Waals surface area contributed by atoms with E-state index in [-0.39, 0.29) is 12.6 Å². The molecule has 0 amide bonds. The fourth-order valence-electron chi connectivity index (χ4n) is 1.89. The Morgan fingerprint density at radius 2 is 1.94 bits per heavy atom. The normalized spacial score (nSPS) is 12.4. The van der Waals surface area contributed by atoms with Crippen molar-refractivity contribution < 1.29 is 9.84 Å². The maximum absolute atomic E-state index is 8.68. The lowest BCUT2D eigenvalue weighted by Gasteiger charge is -2.14. The second-order valence-corrected chi connectivity index (χ2v) is 4.82. The Bertz CT molecular complexity index is 350. The molecule has 102 valence electrons. The molecule has 0 saturated heterocycles. The number of rotatable bonds is 8. The third-order valence-electron chi connectivity index (χ3n) is 2.97. The van der Waals surface area contributed by atoms with E-state index in [0.29, 0.717) is 6.61 Å². The van der Waals surface area contributed by atoms with Gasteiger partial charge in [-0.25, -0.2) is 0 Å². The first-order valence-corrected chi connectivity index (χ1v) is 6.75. The summed E-state index contributed by atoms with van der Waals surface area (Å²) >= 11 is 0. The predicted octanol–water partition coefficient (Wildman–Crippen LogP) is 2.95. The van der Waals surface area contributed by atoms with Crippen LogP contribution < -0.4 is 10.5 Å². The number of aliphatic hydroxyl groups excluding tert-OH is 1. The van der Waals surface area contributed by atoms with Crippen molar-refractivity contribution >= 4 is 0 Å². The molecular formula is C15H25NO2. The standard InChI is InChI=1S/C15H25NO2/c1-12-7-8-14(13(2)16)15(11-12)18-10-6-4-3-5-9-17/h7-8,11,13,17H,3-6,9-10,16H2,1-2H3/t13-/m1/s1. The van der Waals surface area contributed by atoms with Crippen molar-refractivity contribution in [3.63, 3.8) is 0 Å². The SMILES string of the molecule is Cc1ccc([C@@H](C)N)c(OCCCCCCO)c1. The van der Waals surface area contributed by atoms with Crippen LogP contribution in [0.2, 0.25) is 0 Å². The van der Waals surface area contributed by atoms with Gasteiger partial charge in [0.05, 0.1) is 6.61 Å². The van der Waals surface area contributed by atoms with E-state index in [2.05, 4.69) is 13.0 Å². The van der Waals surface area contributed by atoms with E-state index in [1.807, 2.05) is 19.1 Å². The van der Waals surface area contributed by atoms with E-state index in [1.165, 1.54) is 5.56 Å². The first-order chi connectivity index (χ1) is 8.65. The van der Waals surface area contributed by atoms with Crippen molar-refractivity contribution in [3.8, 4) is 5.75 Å². The van der Waals surface area contributed by atoms with E-state index in [1.54, 1.807) is 0 Å². The van der Waals surface area contributed by atoms with Crippen LogP contribution in [0.15, 0.2) is 18.2 Å². The molecule has 0 aliphatic rings. The van der Waals surface area contributed by atoms with Crippen LogP contribution in [0.4, 0.5) is 0 Å². The molecule has 1 atom stereocenters. The van der Waals surface area contributed by atoms with Crippen LogP contribution in [0.5, 0.6) is 5.75 Å². The lowest BCUT2D eigenvalue weighted by molar-refractivity contribution is 0.272.